The van der Waals surface area contributed by atoms with Gasteiger partial charge in [0.2, 0.25) is 5.91 Å². The molecule has 2 rings (SSSR count). The second-order valence-corrected chi connectivity index (χ2v) is 8.84. The fourth-order valence-corrected chi connectivity index (χ4v) is 3.92. The lowest BCUT2D eigenvalue weighted by Crippen LogP contribution is -2.53. The average molecular weight is 301 g/mol. The summed E-state index contributed by atoms with van der Waals surface area (Å²) in [4.78, 5) is 15.6. The Hall–Kier alpha value is -1.31. The summed E-state index contributed by atoms with van der Waals surface area (Å²) in [5.74, 6) is 0.520. The van der Waals surface area contributed by atoms with E-state index in [2.05, 4.69) is 84.6 Å². The van der Waals surface area contributed by atoms with Crippen LogP contribution in [0.15, 0.2) is 24.3 Å². The van der Waals surface area contributed by atoms with Gasteiger partial charge in [0.05, 0.1) is 5.92 Å². The highest BCUT2D eigenvalue weighted by molar-refractivity contribution is 5.87. The molecule has 3 unspecified atom stereocenters. The lowest BCUT2D eigenvalue weighted by atomic mass is 9.73. The maximum Gasteiger partial charge on any atom is 0.231 e. The number of hydrogen-bond donors (Lipinski definition) is 0. The van der Waals surface area contributed by atoms with Crippen LogP contribution in [0.3, 0.4) is 0 Å². The number of fused-ring (bicyclic) bond motifs is 1. The smallest absolute Gasteiger partial charge is 0.231 e. The van der Waals surface area contributed by atoms with Gasteiger partial charge in [-0.15, -0.1) is 0 Å². The highest BCUT2D eigenvalue weighted by atomic mass is 16.2. The zero-order valence-corrected chi connectivity index (χ0v) is 15.4. The lowest BCUT2D eigenvalue weighted by molar-refractivity contribution is -0.143. The van der Waals surface area contributed by atoms with Crippen molar-refractivity contribution in [1.82, 2.24) is 4.90 Å². The molecule has 0 saturated carbocycles. The highest BCUT2D eigenvalue weighted by Gasteiger charge is 2.45. The molecule has 3 atom stereocenters. The zero-order valence-electron chi connectivity index (χ0n) is 15.4. The van der Waals surface area contributed by atoms with Crippen molar-refractivity contribution in [2.24, 2.45) is 5.41 Å². The predicted molar refractivity (Wildman–Crippen MR) is 93.1 cm³/mol. The Morgan fingerprint density at radius 1 is 0.909 bits per heavy atom. The van der Waals surface area contributed by atoms with Crippen LogP contribution < -0.4 is 0 Å². The van der Waals surface area contributed by atoms with Crippen LogP contribution in [-0.2, 0) is 4.79 Å². The minimum atomic E-state index is -0.170. The molecule has 1 aliphatic heterocycles. The molecule has 0 spiro atoms. The molecular weight excluding hydrogens is 270 g/mol. The first-order valence-corrected chi connectivity index (χ1v) is 8.38. The fraction of sp³-hybridized carbons (Fsp3) is 0.650. The number of rotatable bonds is 0. The summed E-state index contributed by atoms with van der Waals surface area (Å²) < 4.78 is 0. The third-order valence-electron chi connectivity index (χ3n) is 5.00. The number of hydrogen-bond acceptors (Lipinski definition) is 1. The van der Waals surface area contributed by atoms with E-state index < -0.39 is 0 Å². The summed E-state index contributed by atoms with van der Waals surface area (Å²) in [7, 11) is 0. The summed E-state index contributed by atoms with van der Waals surface area (Å²) in [5, 5.41) is 0. The first-order valence-electron chi connectivity index (χ1n) is 8.38. The normalized spacial score (nSPS) is 26.6. The number of amides is 1. The second kappa shape index (κ2) is 5.40. The molecule has 1 aromatic carbocycles. The predicted octanol–water partition coefficient (Wildman–Crippen LogP) is 4.95. The summed E-state index contributed by atoms with van der Waals surface area (Å²) in [5.41, 5.74) is 2.28. The molecule has 0 aromatic heterocycles. The first kappa shape index (κ1) is 17.1. The van der Waals surface area contributed by atoms with E-state index in [9.17, 15) is 4.79 Å². The van der Waals surface area contributed by atoms with Crippen molar-refractivity contribution in [2.75, 3.05) is 0 Å². The Labute approximate surface area is 135 Å². The molecule has 1 aromatic rings. The van der Waals surface area contributed by atoms with Gasteiger partial charge in [-0.1, -0.05) is 52.0 Å². The minimum absolute atomic E-state index is 0.0877. The van der Waals surface area contributed by atoms with Gasteiger partial charge in [0, 0.05) is 17.5 Å². The molecule has 0 bridgehead atoms. The van der Waals surface area contributed by atoms with Crippen molar-refractivity contribution < 1.29 is 4.79 Å². The Morgan fingerprint density at radius 2 is 1.41 bits per heavy atom. The van der Waals surface area contributed by atoms with Crippen molar-refractivity contribution in [3.8, 4) is 0 Å². The third kappa shape index (κ3) is 2.80. The molecule has 1 heterocycles. The zero-order chi connectivity index (χ0) is 16.9. The molecule has 0 aliphatic carbocycles. The molecule has 0 fully saturated rings. The molecule has 0 saturated heterocycles. The van der Waals surface area contributed by atoms with Crippen LogP contribution in [0.4, 0.5) is 0 Å². The maximum atomic E-state index is 13.5. The highest BCUT2D eigenvalue weighted by Crippen LogP contribution is 2.45. The SMILES string of the molecule is CC1c2ccccc2C(C(C)(C)C)C(=O)N(C(C)(C)C)C1C. The summed E-state index contributed by atoms with van der Waals surface area (Å²) in [6.07, 6.45) is 0. The summed E-state index contributed by atoms with van der Waals surface area (Å²) in [6, 6.07) is 8.71. The Balaban J connectivity index is 2.71. The van der Waals surface area contributed by atoms with Gasteiger partial charge in [0.1, 0.15) is 0 Å². The van der Waals surface area contributed by atoms with Crippen LogP contribution >= 0.6 is 0 Å². The molecule has 1 aliphatic rings. The van der Waals surface area contributed by atoms with Gasteiger partial charge < -0.3 is 4.90 Å². The van der Waals surface area contributed by atoms with Gasteiger partial charge in [-0.05, 0) is 44.2 Å². The number of carbonyl (C=O) groups is 1. The van der Waals surface area contributed by atoms with Crippen molar-refractivity contribution >= 4 is 5.91 Å². The average Bonchev–Trinajstić information content (AvgIpc) is 2.43. The molecule has 122 valence electrons. The van der Waals surface area contributed by atoms with Crippen LogP contribution in [0.25, 0.3) is 0 Å². The Bertz CT molecular complexity index is 562. The number of carbonyl (C=O) groups excluding carboxylic acids is 1. The van der Waals surface area contributed by atoms with Crippen molar-refractivity contribution in [2.45, 2.75) is 78.8 Å². The van der Waals surface area contributed by atoms with E-state index in [0.717, 1.165) is 0 Å². The maximum absolute atomic E-state index is 13.5. The quantitative estimate of drug-likeness (QED) is 0.664. The largest absolute Gasteiger partial charge is 0.334 e. The monoisotopic (exact) mass is 301 g/mol. The number of benzene rings is 1. The van der Waals surface area contributed by atoms with Gasteiger partial charge in [-0.3, -0.25) is 4.79 Å². The molecule has 2 heteroatoms. The third-order valence-corrected chi connectivity index (χ3v) is 5.00. The first-order chi connectivity index (χ1) is 9.96. The van der Waals surface area contributed by atoms with E-state index in [4.69, 9.17) is 0 Å². The Kier molecular flexibility index (Phi) is 4.18. The molecule has 1 amide bonds. The van der Waals surface area contributed by atoms with Crippen molar-refractivity contribution in [3.63, 3.8) is 0 Å². The molecule has 22 heavy (non-hydrogen) atoms. The van der Waals surface area contributed by atoms with Crippen molar-refractivity contribution in [3.05, 3.63) is 35.4 Å². The van der Waals surface area contributed by atoms with E-state index >= 15 is 0 Å². The van der Waals surface area contributed by atoms with Crippen LogP contribution in [0.1, 0.15) is 78.4 Å². The lowest BCUT2D eigenvalue weighted by Gasteiger charge is -2.44. The second-order valence-electron chi connectivity index (χ2n) is 8.84. The fourth-order valence-electron chi connectivity index (χ4n) is 3.92. The molecule has 0 radical (unpaired) electrons. The van der Waals surface area contributed by atoms with E-state index in [0.29, 0.717) is 5.92 Å². The topological polar surface area (TPSA) is 20.3 Å². The minimum Gasteiger partial charge on any atom is -0.334 e. The van der Waals surface area contributed by atoms with E-state index in [-0.39, 0.29) is 28.8 Å². The number of nitrogens with zero attached hydrogens (tertiary/aromatic N) is 1. The molecule has 0 N–H and O–H groups in total. The van der Waals surface area contributed by atoms with E-state index in [1.165, 1.54) is 11.1 Å². The molecule has 2 nitrogen and oxygen atoms in total. The van der Waals surface area contributed by atoms with Gasteiger partial charge in [0.15, 0.2) is 0 Å². The van der Waals surface area contributed by atoms with Gasteiger partial charge in [-0.2, -0.15) is 0 Å². The molecular formula is C20H31NO. The van der Waals surface area contributed by atoms with Gasteiger partial charge >= 0.3 is 0 Å². The van der Waals surface area contributed by atoms with Crippen LogP contribution in [-0.4, -0.2) is 22.4 Å². The van der Waals surface area contributed by atoms with Crippen LogP contribution in [0.5, 0.6) is 0 Å². The van der Waals surface area contributed by atoms with E-state index in [1.54, 1.807) is 0 Å². The van der Waals surface area contributed by atoms with Gasteiger partial charge in [0.25, 0.3) is 0 Å². The van der Waals surface area contributed by atoms with Gasteiger partial charge in [-0.25, -0.2) is 0 Å². The van der Waals surface area contributed by atoms with Crippen molar-refractivity contribution in [1.29, 1.82) is 0 Å². The van der Waals surface area contributed by atoms with Crippen LogP contribution in [0, 0.1) is 5.41 Å². The van der Waals surface area contributed by atoms with Crippen LogP contribution in [0.2, 0.25) is 0 Å². The Morgan fingerprint density at radius 3 is 1.86 bits per heavy atom. The van der Waals surface area contributed by atoms with E-state index in [1.807, 2.05) is 0 Å². The standard InChI is InChI=1S/C20H31NO/c1-13-14(2)21(20(6,7)8)18(22)17(19(3,4)5)16-12-10-9-11-15(13)16/h9-14,17H,1-8H3. The summed E-state index contributed by atoms with van der Waals surface area (Å²) in [6.45, 7) is 17.4. The summed E-state index contributed by atoms with van der Waals surface area (Å²) >= 11 is 0.